The SMILES string of the molecule is Cc1ccc(/C=C2\SC(=S)N(CCN3CCOCC3)C2=O)o1. The molecular formula is C15H18N2O3S2. The Hall–Kier alpha value is -1.15. The first-order valence-electron chi connectivity index (χ1n) is 7.25. The molecule has 2 aliphatic heterocycles. The van der Waals surface area contributed by atoms with E-state index < -0.39 is 0 Å². The fourth-order valence-corrected chi connectivity index (χ4v) is 3.71. The zero-order valence-electron chi connectivity index (χ0n) is 12.4. The van der Waals surface area contributed by atoms with Gasteiger partial charge in [0.25, 0.3) is 5.91 Å². The van der Waals surface area contributed by atoms with E-state index in [2.05, 4.69) is 4.90 Å². The van der Waals surface area contributed by atoms with Crippen LogP contribution in [-0.4, -0.2) is 59.4 Å². The van der Waals surface area contributed by atoms with Crippen molar-refractivity contribution in [3.8, 4) is 0 Å². The standard InChI is InChI=1S/C15H18N2O3S2/c1-11-2-3-12(20-11)10-13-14(18)17(15(21)22-13)5-4-16-6-8-19-9-7-16/h2-3,10H,4-9H2,1H3/b13-10-. The van der Waals surface area contributed by atoms with E-state index in [1.165, 1.54) is 11.8 Å². The number of carbonyl (C=O) groups excluding carboxylic acids is 1. The molecule has 7 heteroatoms. The molecule has 0 saturated carbocycles. The number of rotatable bonds is 4. The van der Waals surface area contributed by atoms with Gasteiger partial charge in [-0.15, -0.1) is 0 Å². The zero-order chi connectivity index (χ0) is 15.5. The number of carbonyl (C=O) groups is 1. The molecule has 1 aromatic heterocycles. The van der Waals surface area contributed by atoms with Crippen molar-refractivity contribution in [3.05, 3.63) is 28.6 Å². The Morgan fingerprint density at radius 3 is 2.77 bits per heavy atom. The summed E-state index contributed by atoms with van der Waals surface area (Å²) in [6.07, 6.45) is 1.76. The summed E-state index contributed by atoms with van der Waals surface area (Å²) in [5, 5.41) is 0. The number of ether oxygens (including phenoxy) is 1. The van der Waals surface area contributed by atoms with Gasteiger partial charge in [-0.1, -0.05) is 24.0 Å². The van der Waals surface area contributed by atoms with Crippen molar-refractivity contribution < 1.29 is 13.9 Å². The molecule has 0 radical (unpaired) electrons. The second-order valence-corrected chi connectivity index (χ2v) is 6.91. The minimum absolute atomic E-state index is 0.0303. The Labute approximate surface area is 139 Å². The largest absolute Gasteiger partial charge is 0.462 e. The van der Waals surface area contributed by atoms with E-state index in [4.69, 9.17) is 21.4 Å². The second-order valence-electron chi connectivity index (χ2n) is 5.24. The van der Waals surface area contributed by atoms with Crippen LogP contribution >= 0.6 is 24.0 Å². The third kappa shape index (κ3) is 3.60. The second kappa shape index (κ2) is 6.95. The smallest absolute Gasteiger partial charge is 0.266 e. The molecule has 2 aliphatic rings. The molecule has 5 nitrogen and oxygen atoms in total. The maximum Gasteiger partial charge on any atom is 0.266 e. The molecule has 3 heterocycles. The molecule has 1 amide bonds. The van der Waals surface area contributed by atoms with Crippen molar-refractivity contribution >= 4 is 40.3 Å². The zero-order valence-corrected chi connectivity index (χ0v) is 14.0. The van der Waals surface area contributed by atoms with Crippen LogP contribution in [0.15, 0.2) is 21.5 Å². The lowest BCUT2D eigenvalue weighted by Gasteiger charge is -2.28. The number of thioether (sulfide) groups is 1. The predicted octanol–water partition coefficient (Wildman–Crippen LogP) is 2.12. The molecule has 0 N–H and O–H groups in total. The first-order valence-corrected chi connectivity index (χ1v) is 8.48. The highest BCUT2D eigenvalue weighted by molar-refractivity contribution is 8.26. The first-order chi connectivity index (χ1) is 10.6. The van der Waals surface area contributed by atoms with Gasteiger partial charge in [-0.2, -0.15) is 0 Å². The summed E-state index contributed by atoms with van der Waals surface area (Å²) in [5.41, 5.74) is 0. The van der Waals surface area contributed by atoms with Crippen LogP contribution in [0.4, 0.5) is 0 Å². The van der Waals surface area contributed by atoms with Crippen molar-refractivity contribution in [2.24, 2.45) is 0 Å². The van der Waals surface area contributed by atoms with Crippen LogP contribution in [0.1, 0.15) is 11.5 Å². The van der Waals surface area contributed by atoms with Gasteiger partial charge < -0.3 is 9.15 Å². The lowest BCUT2D eigenvalue weighted by molar-refractivity contribution is -0.122. The third-order valence-corrected chi connectivity index (χ3v) is 5.03. The summed E-state index contributed by atoms with van der Waals surface area (Å²) < 4.78 is 11.4. The topological polar surface area (TPSA) is 45.9 Å². The van der Waals surface area contributed by atoms with Crippen LogP contribution in [0.5, 0.6) is 0 Å². The number of morpholine rings is 1. The molecule has 0 bridgehead atoms. The molecule has 0 spiro atoms. The Morgan fingerprint density at radius 2 is 2.09 bits per heavy atom. The van der Waals surface area contributed by atoms with E-state index >= 15 is 0 Å². The average molecular weight is 338 g/mol. The number of hydrogen-bond donors (Lipinski definition) is 0. The third-order valence-electron chi connectivity index (χ3n) is 3.65. The number of furan rings is 1. The maximum absolute atomic E-state index is 12.5. The monoisotopic (exact) mass is 338 g/mol. The van der Waals surface area contributed by atoms with Gasteiger partial charge in [-0.25, -0.2) is 0 Å². The Morgan fingerprint density at radius 1 is 1.32 bits per heavy atom. The maximum atomic E-state index is 12.5. The van der Waals surface area contributed by atoms with E-state index in [1.807, 2.05) is 19.1 Å². The van der Waals surface area contributed by atoms with Gasteiger partial charge in [-0.05, 0) is 19.1 Å². The minimum Gasteiger partial charge on any atom is -0.462 e. The van der Waals surface area contributed by atoms with Gasteiger partial charge in [0.05, 0.1) is 18.1 Å². The van der Waals surface area contributed by atoms with Crippen LogP contribution < -0.4 is 0 Å². The molecule has 1 aromatic rings. The van der Waals surface area contributed by atoms with Gasteiger partial charge in [0.2, 0.25) is 0 Å². The van der Waals surface area contributed by atoms with E-state index in [9.17, 15) is 4.79 Å². The van der Waals surface area contributed by atoms with Gasteiger partial charge in [0.1, 0.15) is 15.8 Å². The average Bonchev–Trinajstić information content (AvgIpc) is 3.03. The summed E-state index contributed by atoms with van der Waals surface area (Å²) in [6, 6.07) is 3.74. The van der Waals surface area contributed by atoms with Crippen LogP contribution in [0, 0.1) is 6.92 Å². The van der Waals surface area contributed by atoms with Crippen LogP contribution in [0.3, 0.4) is 0 Å². The quantitative estimate of drug-likeness (QED) is 0.619. The van der Waals surface area contributed by atoms with E-state index in [1.54, 1.807) is 11.0 Å². The fourth-order valence-electron chi connectivity index (χ4n) is 2.42. The molecule has 0 unspecified atom stereocenters. The van der Waals surface area contributed by atoms with Gasteiger partial charge in [0.15, 0.2) is 0 Å². The van der Waals surface area contributed by atoms with Gasteiger partial charge in [0, 0.05) is 32.3 Å². The normalized spacial score (nSPS) is 22.0. The van der Waals surface area contributed by atoms with Crippen molar-refractivity contribution in [1.29, 1.82) is 0 Å². The molecule has 0 atom stereocenters. The number of thiocarbonyl (C=S) groups is 1. The minimum atomic E-state index is -0.0303. The summed E-state index contributed by atoms with van der Waals surface area (Å²) in [7, 11) is 0. The highest BCUT2D eigenvalue weighted by Crippen LogP contribution is 2.32. The molecule has 3 rings (SSSR count). The highest BCUT2D eigenvalue weighted by Gasteiger charge is 2.32. The summed E-state index contributed by atoms with van der Waals surface area (Å²) >= 11 is 6.67. The first kappa shape index (κ1) is 15.7. The van der Waals surface area contributed by atoms with Crippen LogP contribution in [0.2, 0.25) is 0 Å². The summed E-state index contributed by atoms with van der Waals surface area (Å²) in [6.45, 7) is 6.67. The molecular weight excluding hydrogens is 320 g/mol. The molecule has 0 aliphatic carbocycles. The highest BCUT2D eigenvalue weighted by atomic mass is 32.2. The van der Waals surface area contributed by atoms with Gasteiger partial charge in [-0.3, -0.25) is 14.6 Å². The Balaban J connectivity index is 1.62. The Bertz CT molecular complexity index is 606. The van der Waals surface area contributed by atoms with Crippen molar-refractivity contribution in [2.75, 3.05) is 39.4 Å². The van der Waals surface area contributed by atoms with E-state index in [0.717, 1.165) is 38.6 Å². The lowest BCUT2D eigenvalue weighted by atomic mass is 10.3. The van der Waals surface area contributed by atoms with Crippen LogP contribution in [0.25, 0.3) is 6.08 Å². The van der Waals surface area contributed by atoms with Crippen LogP contribution in [-0.2, 0) is 9.53 Å². The molecule has 2 saturated heterocycles. The summed E-state index contributed by atoms with van der Waals surface area (Å²) in [4.78, 5) is 17.1. The lowest BCUT2D eigenvalue weighted by Crippen LogP contribution is -2.42. The van der Waals surface area contributed by atoms with Crippen molar-refractivity contribution in [2.45, 2.75) is 6.92 Å². The Kier molecular flexibility index (Phi) is 4.97. The number of hydrogen-bond acceptors (Lipinski definition) is 6. The number of nitrogens with zero attached hydrogens (tertiary/aromatic N) is 2. The number of amides is 1. The molecule has 2 fully saturated rings. The molecule has 0 aromatic carbocycles. The predicted molar refractivity (Wildman–Crippen MR) is 90.6 cm³/mol. The summed E-state index contributed by atoms with van der Waals surface area (Å²) in [5.74, 6) is 1.48. The van der Waals surface area contributed by atoms with Crippen molar-refractivity contribution in [3.63, 3.8) is 0 Å². The fraction of sp³-hybridized carbons (Fsp3) is 0.467. The van der Waals surface area contributed by atoms with E-state index in [0.29, 0.717) is 21.5 Å². The molecule has 22 heavy (non-hydrogen) atoms. The number of aryl methyl sites for hydroxylation is 1. The molecule has 118 valence electrons. The van der Waals surface area contributed by atoms with Crippen molar-refractivity contribution in [1.82, 2.24) is 9.80 Å². The van der Waals surface area contributed by atoms with E-state index in [-0.39, 0.29) is 5.91 Å². The van der Waals surface area contributed by atoms with Gasteiger partial charge >= 0.3 is 0 Å².